The first-order valence-electron chi connectivity index (χ1n) is 9.79. The summed E-state index contributed by atoms with van der Waals surface area (Å²) < 4.78 is 0. The second kappa shape index (κ2) is 7.87. The largest absolute Gasteiger partial charge is 0.363 e. The van der Waals surface area contributed by atoms with Crippen molar-refractivity contribution in [2.75, 3.05) is 24.4 Å². The van der Waals surface area contributed by atoms with Crippen LogP contribution in [0.25, 0.3) is 21.5 Å². The number of nitrogens with one attached hydrogen (secondary N) is 1. The number of rotatable bonds is 5. The van der Waals surface area contributed by atoms with Gasteiger partial charge in [-0.25, -0.2) is 9.97 Å². The standard InChI is InChI=1S/C24H25N5/c1-16(2)24-26-22(14-23(27-24)29(3)4)28-25-15-21-19-11-7-5-9-17(19)13-18-10-6-8-12-20(18)21/h5-16H,1-4H3,(H,26,27,28)/b25-15-. The van der Waals surface area contributed by atoms with Crippen molar-refractivity contribution in [2.45, 2.75) is 19.8 Å². The van der Waals surface area contributed by atoms with Gasteiger partial charge in [0.25, 0.3) is 0 Å². The molecule has 5 heteroatoms. The molecule has 4 aromatic rings. The van der Waals surface area contributed by atoms with Crippen LogP contribution >= 0.6 is 0 Å². The summed E-state index contributed by atoms with van der Waals surface area (Å²) in [6, 6.07) is 20.9. The SMILES string of the molecule is CC(C)c1nc(N/N=C\c2c3ccccc3cc3ccccc23)cc(N(C)C)n1. The Morgan fingerprint density at radius 1 is 0.897 bits per heavy atom. The number of fused-ring (bicyclic) bond motifs is 2. The molecule has 0 saturated carbocycles. The van der Waals surface area contributed by atoms with Crippen LogP contribution < -0.4 is 10.3 Å². The summed E-state index contributed by atoms with van der Waals surface area (Å²) in [5, 5.41) is 9.28. The van der Waals surface area contributed by atoms with Crippen LogP contribution in [-0.2, 0) is 0 Å². The first-order valence-corrected chi connectivity index (χ1v) is 9.79. The Morgan fingerprint density at radius 2 is 1.52 bits per heavy atom. The Balaban J connectivity index is 1.74. The Hall–Kier alpha value is -3.47. The molecule has 146 valence electrons. The quantitative estimate of drug-likeness (QED) is 0.284. The minimum absolute atomic E-state index is 0.237. The Kier molecular flexibility index (Phi) is 5.12. The molecule has 5 nitrogen and oxygen atoms in total. The fourth-order valence-corrected chi connectivity index (χ4v) is 3.35. The van der Waals surface area contributed by atoms with Crippen LogP contribution in [0, 0.1) is 0 Å². The van der Waals surface area contributed by atoms with Gasteiger partial charge >= 0.3 is 0 Å². The van der Waals surface area contributed by atoms with Gasteiger partial charge < -0.3 is 4.90 Å². The number of nitrogens with zero attached hydrogens (tertiary/aromatic N) is 4. The topological polar surface area (TPSA) is 53.4 Å². The van der Waals surface area contributed by atoms with Crippen molar-refractivity contribution < 1.29 is 0 Å². The molecule has 0 aliphatic heterocycles. The number of benzene rings is 3. The van der Waals surface area contributed by atoms with Crippen molar-refractivity contribution in [2.24, 2.45) is 5.10 Å². The molecule has 1 N–H and O–H groups in total. The summed E-state index contributed by atoms with van der Waals surface area (Å²) in [7, 11) is 3.95. The van der Waals surface area contributed by atoms with Gasteiger partial charge in [-0.2, -0.15) is 5.10 Å². The van der Waals surface area contributed by atoms with Crippen LogP contribution in [0.15, 0.2) is 65.8 Å². The first-order chi connectivity index (χ1) is 14.0. The van der Waals surface area contributed by atoms with Gasteiger partial charge in [-0.1, -0.05) is 62.4 Å². The van der Waals surface area contributed by atoms with E-state index in [1.165, 1.54) is 21.5 Å². The smallest absolute Gasteiger partial charge is 0.152 e. The number of hydrazone groups is 1. The summed E-state index contributed by atoms with van der Waals surface area (Å²) in [5.74, 6) is 2.58. The highest BCUT2D eigenvalue weighted by Crippen LogP contribution is 2.27. The third-order valence-corrected chi connectivity index (χ3v) is 4.89. The number of hydrogen-bond donors (Lipinski definition) is 1. The van der Waals surface area contributed by atoms with E-state index < -0.39 is 0 Å². The Labute approximate surface area is 171 Å². The van der Waals surface area contributed by atoms with Crippen LogP contribution in [0.5, 0.6) is 0 Å². The van der Waals surface area contributed by atoms with E-state index in [2.05, 4.69) is 88.9 Å². The highest BCUT2D eigenvalue weighted by atomic mass is 15.3. The van der Waals surface area contributed by atoms with Crippen LogP contribution in [-0.4, -0.2) is 30.3 Å². The summed E-state index contributed by atoms with van der Waals surface area (Å²) in [4.78, 5) is 11.2. The third kappa shape index (κ3) is 3.90. The van der Waals surface area contributed by atoms with E-state index in [4.69, 9.17) is 0 Å². The van der Waals surface area contributed by atoms with E-state index >= 15 is 0 Å². The lowest BCUT2D eigenvalue weighted by Crippen LogP contribution is -2.13. The van der Waals surface area contributed by atoms with E-state index in [9.17, 15) is 0 Å². The molecule has 0 atom stereocenters. The van der Waals surface area contributed by atoms with Crippen molar-refractivity contribution in [1.29, 1.82) is 0 Å². The molecule has 1 aromatic heterocycles. The predicted molar refractivity (Wildman–Crippen MR) is 123 cm³/mol. The first kappa shape index (κ1) is 18.9. The maximum atomic E-state index is 4.61. The zero-order valence-corrected chi connectivity index (χ0v) is 17.2. The predicted octanol–water partition coefficient (Wildman–Crippen LogP) is 5.42. The van der Waals surface area contributed by atoms with E-state index in [0.29, 0.717) is 5.82 Å². The monoisotopic (exact) mass is 383 g/mol. The van der Waals surface area contributed by atoms with Crippen molar-refractivity contribution >= 4 is 39.4 Å². The van der Waals surface area contributed by atoms with Crippen LogP contribution in [0.3, 0.4) is 0 Å². The average Bonchev–Trinajstić information content (AvgIpc) is 2.73. The van der Waals surface area contributed by atoms with E-state index in [-0.39, 0.29) is 5.92 Å². The van der Waals surface area contributed by atoms with Crippen molar-refractivity contribution in [3.63, 3.8) is 0 Å². The molecule has 29 heavy (non-hydrogen) atoms. The molecule has 0 amide bonds. The van der Waals surface area contributed by atoms with Gasteiger partial charge in [0, 0.05) is 31.6 Å². The molecule has 0 unspecified atom stereocenters. The maximum Gasteiger partial charge on any atom is 0.152 e. The molecule has 0 bridgehead atoms. The van der Waals surface area contributed by atoms with Gasteiger partial charge in [0.15, 0.2) is 5.82 Å². The molecule has 0 saturated heterocycles. The Morgan fingerprint density at radius 3 is 2.10 bits per heavy atom. The van der Waals surface area contributed by atoms with E-state index in [1.54, 1.807) is 0 Å². The summed E-state index contributed by atoms with van der Waals surface area (Å²) >= 11 is 0. The summed E-state index contributed by atoms with van der Waals surface area (Å²) in [6.07, 6.45) is 1.89. The van der Waals surface area contributed by atoms with Gasteiger partial charge in [-0.15, -0.1) is 0 Å². The molecule has 0 aliphatic rings. The highest BCUT2D eigenvalue weighted by molar-refractivity contribution is 6.13. The molecular formula is C24H25N5. The van der Waals surface area contributed by atoms with E-state index in [0.717, 1.165) is 17.2 Å². The van der Waals surface area contributed by atoms with Gasteiger partial charge in [0.2, 0.25) is 0 Å². The zero-order chi connectivity index (χ0) is 20.4. The minimum atomic E-state index is 0.237. The summed E-state index contributed by atoms with van der Waals surface area (Å²) in [5.41, 5.74) is 4.20. The molecule has 0 aliphatic carbocycles. The maximum absolute atomic E-state index is 4.61. The fraction of sp³-hybridized carbons (Fsp3) is 0.208. The van der Waals surface area contributed by atoms with Gasteiger partial charge in [0.05, 0.1) is 6.21 Å². The number of aromatic nitrogens is 2. The molecular weight excluding hydrogens is 358 g/mol. The molecule has 0 fully saturated rings. The fourth-order valence-electron chi connectivity index (χ4n) is 3.35. The van der Waals surface area contributed by atoms with Crippen molar-refractivity contribution in [1.82, 2.24) is 9.97 Å². The molecule has 0 radical (unpaired) electrons. The van der Waals surface area contributed by atoms with Gasteiger partial charge in [-0.05, 0) is 27.6 Å². The molecule has 3 aromatic carbocycles. The average molecular weight is 383 g/mol. The van der Waals surface area contributed by atoms with Crippen LogP contribution in [0.1, 0.15) is 31.2 Å². The minimum Gasteiger partial charge on any atom is -0.363 e. The molecule has 4 rings (SSSR count). The Bertz CT molecular complexity index is 1110. The van der Waals surface area contributed by atoms with Gasteiger partial charge in [0.1, 0.15) is 11.6 Å². The lowest BCUT2D eigenvalue weighted by atomic mass is 9.97. The second-order valence-electron chi connectivity index (χ2n) is 7.62. The number of anilines is 2. The highest BCUT2D eigenvalue weighted by Gasteiger charge is 2.09. The van der Waals surface area contributed by atoms with E-state index in [1.807, 2.05) is 31.3 Å². The molecule has 1 heterocycles. The van der Waals surface area contributed by atoms with Crippen LogP contribution in [0.4, 0.5) is 11.6 Å². The van der Waals surface area contributed by atoms with Crippen molar-refractivity contribution in [3.8, 4) is 0 Å². The lowest BCUT2D eigenvalue weighted by Gasteiger charge is -2.15. The zero-order valence-electron chi connectivity index (χ0n) is 17.2. The van der Waals surface area contributed by atoms with Crippen LogP contribution in [0.2, 0.25) is 0 Å². The second-order valence-corrected chi connectivity index (χ2v) is 7.62. The normalized spacial score (nSPS) is 11.6. The third-order valence-electron chi connectivity index (χ3n) is 4.89. The number of hydrogen-bond acceptors (Lipinski definition) is 5. The van der Waals surface area contributed by atoms with Gasteiger partial charge in [-0.3, -0.25) is 5.43 Å². The van der Waals surface area contributed by atoms with Crippen molar-refractivity contribution in [3.05, 3.63) is 72.1 Å². The lowest BCUT2D eigenvalue weighted by molar-refractivity contribution is 0.771. The molecule has 0 spiro atoms. The summed E-state index contributed by atoms with van der Waals surface area (Å²) in [6.45, 7) is 4.17.